The van der Waals surface area contributed by atoms with E-state index in [1.807, 2.05) is 4.90 Å². The van der Waals surface area contributed by atoms with Crippen molar-refractivity contribution in [3.05, 3.63) is 24.0 Å². The van der Waals surface area contributed by atoms with Gasteiger partial charge in [0.1, 0.15) is 0 Å². The Morgan fingerprint density at radius 2 is 2.44 bits per heavy atom. The third-order valence-electron chi connectivity index (χ3n) is 2.98. The van der Waals surface area contributed by atoms with Gasteiger partial charge in [0.15, 0.2) is 0 Å². The van der Waals surface area contributed by atoms with Crippen LogP contribution in [0.2, 0.25) is 0 Å². The van der Waals surface area contributed by atoms with Crippen molar-refractivity contribution in [2.75, 3.05) is 19.6 Å². The first-order valence-corrected chi connectivity index (χ1v) is 5.57. The maximum absolute atomic E-state index is 12.0. The summed E-state index contributed by atoms with van der Waals surface area (Å²) >= 11 is 0. The number of aromatic nitrogens is 2. The first-order chi connectivity index (χ1) is 7.81. The first-order valence-electron chi connectivity index (χ1n) is 5.57. The number of amides is 1. The summed E-state index contributed by atoms with van der Waals surface area (Å²) in [5.41, 5.74) is 6.13. The quantitative estimate of drug-likeness (QED) is 0.794. The van der Waals surface area contributed by atoms with Crippen molar-refractivity contribution in [1.29, 1.82) is 0 Å². The summed E-state index contributed by atoms with van der Waals surface area (Å²) in [4.78, 5) is 13.9. The molecule has 1 aliphatic rings. The SMILES string of the molecule is NCCC1CCN(C(=O)c2ccnnc2)C1. The smallest absolute Gasteiger partial charge is 0.255 e. The van der Waals surface area contributed by atoms with Crippen molar-refractivity contribution in [1.82, 2.24) is 15.1 Å². The molecule has 16 heavy (non-hydrogen) atoms. The van der Waals surface area contributed by atoms with Gasteiger partial charge in [-0.25, -0.2) is 0 Å². The number of hydrogen-bond donors (Lipinski definition) is 1. The van der Waals surface area contributed by atoms with E-state index in [9.17, 15) is 4.79 Å². The fraction of sp³-hybridized carbons (Fsp3) is 0.545. The van der Waals surface area contributed by atoms with Gasteiger partial charge in [0.2, 0.25) is 0 Å². The summed E-state index contributed by atoms with van der Waals surface area (Å²) in [6.45, 7) is 2.34. The Kier molecular flexibility index (Phi) is 3.46. The van der Waals surface area contributed by atoms with Crippen LogP contribution in [-0.4, -0.2) is 40.6 Å². The van der Waals surface area contributed by atoms with Crippen LogP contribution in [0.25, 0.3) is 0 Å². The van der Waals surface area contributed by atoms with Crippen LogP contribution < -0.4 is 5.73 Å². The van der Waals surface area contributed by atoms with Crippen LogP contribution >= 0.6 is 0 Å². The summed E-state index contributed by atoms with van der Waals surface area (Å²) < 4.78 is 0. The van der Waals surface area contributed by atoms with Crippen LogP contribution in [0.1, 0.15) is 23.2 Å². The summed E-state index contributed by atoms with van der Waals surface area (Å²) in [5, 5.41) is 7.38. The Bertz CT molecular complexity index is 354. The number of carbonyl (C=O) groups excluding carboxylic acids is 1. The molecule has 0 aliphatic carbocycles. The van der Waals surface area contributed by atoms with Crippen molar-refractivity contribution < 1.29 is 4.79 Å². The van der Waals surface area contributed by atoms with Gasteiger partial charge in [-0.05, 0) is 31.4 Å². The highest BCUT2D eigenvalue weighted by Gasteiger charge is 2.26. The minimum Gasteiger partial charge on any atom is -0.338 e. The number of nitrogens with zero attached hydrogens (tertiary/aromatic N) is 3. The number of likely N-dealkylation sites (tertiary alicyclic amines) is 1. The molecule has 1 saturated heterocycles. The lowest BCUT2D eigenvalue weighted by Crippen LogP contribution is -2.29. The molecule has 5 nitrogen and oxygen atoms in total. The maximum Gasteiger partial charge on any atom is 0.255 e. The molecule has 0 aromatic carbocycles. The summed E-state index contributed by atoms with van der Waals surface area (Å²) in [7, 11) is 0. The second-order valence-corrected chi connectivity index (χ2v) is 4.11. The maximum atomic E-state index is 12.0. The highest BCUT2D eigenvalue weighted by Crippen LogP contribution is 2.20. The Morgan fingerprint density at radius 3 is 3.12 bits per heavy atom. The highest BCUT2D eigenvalue weighted by atomic mass is 16.2. The Balaban J connectivity index is 1.97. The molecule has 1 atom stereocenters. The standard InChI is InChI=1S/C11H16N4O/c12-4-1-9-3-6-15(8-9)11(16)10-2-5-13-14-7-10/h2,5,7,9H,1,3-4,6,8,12H2. The predicted octanol–water partition coefficient (Wildman–Crippen LogP) is 0.287. The summed E-state index contributed by atoms with van der Waals surface area (Å²) in [6, 6.07) is 1.70. The lowest BCUT2D eigenvalue weighted by atomic mass is 10.1. The molecule has 0 saturated carbocycles. The van der Waals surface area contributed by atoms with E-state index in [0.717, 1.165) is 25.9 Å². The monoisotopic (exact) mass is 220 g/mol. The van der Waals surface area contributed by atoms with Gasteiger partial charge in [-0.2, -0.15) is 10.2 Å². The molecule has 2 rings (SSSR count). The third-order valence-corrected chi connectivity index (χ3v) is 2.98. The van der Waals surface area contributed by atoms with Crippen LogP contribution in [0.5, 0.6) is 0 Å². The lowest BCUT2D eigenvalue weighted by Gasteiger charge is -2.15. The molecule has 1 fully saturated rings. The number of carbonyl (C=O) groups is 1. The fourth-order valence-electron chi connectivity index (χ4n) is 2.09. The van der Waals surface area contributed by atoms with E-state index in [1.54, 1.807) is 12.3 Å². The van der Waals surface area contributed by atoms with Crippen molar-refractivity contribution in [2.45, 2.75) is 12.8 Å². The zero-order chi connectivity index (χ0) is 11.4. The Morgan fingerprint density at radius 1 is 1.56 bits per heavy atom. The molecule has 2 heterocycles. The van der Waals surface area contributed by atoms with Crippen LogP contribution in [0.4, 0.5) is 0 Å². The minimum atomic E-state index is 0.0504. The summed E-state index contributed by atoms with van der Waals surface area (Å²) in [6.07, 6.45) is 5.11. The average molecular weight is 220 g/mol. The van der Waals surface area contributed by atoms with Gasteiger partial charge < -0.3 is 10.6 Å². The molecular weight excluding hydrogens is 204 g/mol. The van der Waals surface area contributed by atoms with Crippen molar-refractivity contribution in [2.24, 2.45) is 11.7 Å². The van der Waals surface area contributed by atoms with Crippen LogP contribution in [-0.2, 0) is 0 Å². The first kappa shape index (κ1) is 11.0. The van der Waals surface area contributed by atoms with Crippen LogP contribution in [0, 0.1) is 5.92 Å². The molecule has 1 amide bonds. The molecule has 1 unspecified atom stereocenters. The Hall–Kier alpha value is -1.49. The lowest BCUT2D eigenvalue weighted by molar-refractivity contribution is 0.0786. The number of hydrogen-bond acceptors (Lipinski definition) is 4. The van der Waals surface area contributed by atoms with E-state index < -0.39 is 0 Å². The fourth-order valence-corrected chi connectivity index (χ4v) is 2.09. The van der Waals surface area contributed by atoms with Gasteiger partial charge in [0.05, 0.1) is 18.0 Å². The molecular formula is C11H16N4O. The number of rotatable bonds is 3. The van der Waals surface area contributed by atoms with Gasteiger partial charge >= 0.3 is 0 Å². The van der Waals surface area contributed by atoms with Gasteiger partial charge in [0, 0.05) is 13.1 Å². The molecule has 1 aromatic rings. The molecule has 86 valence electrons. The molecule has 0 bridgehead atoms. The highest BCUT2D eigenvalue weighted by molar-refractivity contribution is 5.93. The molecule has 0 radical (unpaired) electrons. The molecule has 0 spiro atoms. The van der Waals surface area contributed by atoms with Crippen molar-refractivity contribution in [3.8, 4) is 0 Å². The van der Waals surface area contributed by atoms with E-state index in [1.165, 1.54) is 6.20 Å². The van der Waals surface area contributed by atoms with Crippen LogP contribution in [0.15, 0.2) is 18.5 Å². The minimum absolute atomic E-state index is 0.0504. The molecule has 2 N–H and O–H groups in total. The second-order valence-electron chi connectivity index (χ2n) is 4.11. The van der Waals surface area contributed by atoms with E-state index in [4.69, 9.17) is 5.73 Å². The Labute approximate surface area is 94.6 Å². The topological polar surface area (TPSA) is 72.1 Å². The average Bonchev–Trinajstić information content (AvgIpc) is 2.78. The van der Waals surface area contributed by atoms with E-state index in [2.05, 4.69) is 10.2 Å². The zero-order valence-electron chi connectivity index (χ0n) is 9.17. The van der Waals surface area contributed by atoms with E-state index in [-0.39, 0.29) is 5.91 Å². The van der Waals surface area contributed by atoms with E-state index >= 15 is 0 Å². The number of nitrogens with two attached hydrogens (primary N) is 1. The van der Waals surface area contributed by atoms with Crippen molar-refractivity contribution >= 4 is 5.91 Å². The second kappa shape index (κ2) is 5.03. The van der Waals surface area contributed by atoms with Gasteiger partial charge in [0.25, 0.3) is 5.91 Å². The van der Waals surface area contributed by atoms with Gasteiger partial charge in [-0.15, -0.1) is 0 Å². The molecule has 1 aromatic heterocycles. The third kappa shape index (κ3) is 2.36. The zero-order valence-corrected chi connectivity index (χ0v) is 9.17. The molecule has 5 heteroatoms. The summed E-state index contributed by atoms with van der Waals surface area (Å²) in [5.74, 6) is 0.609. The van der Waals surface area contributed by atoms with Gasteiger partial charge in [-0.1, -0.05) is 0 Å². The van der Waals surface area contributed by atoms with Crippen molar-refractivity contribution in [3.63, 3.8) is 0 Å². The largest absolute Gasteiger partial charge is 0.338 e. The predicted molar refractivity (Wildman–Crippen MR) is 59.7 cm³/mol. The van der Waals surface area contributed by atoms with Crippen LogP contribution in [0.3, 0.4) is 0 Å². The molecule has 1 aliphatic heterocycles. The normalized spacial score (nSPS) is 20.1. The van der Waals surface area contributed by atoms with Gasteiger partial charge in [-0.3, -0.25) is 4.79 Å². The van der Waals surface area contributed by atoms with E-state index in [0.29, 0.717) is 18.0 Å².